The van der Waals surface area contributed by atoms with Gasteiger partial charge in [-0.25, -0.2) is 46.6 Å². The molecule has 0 bridgehead atoms. The summed E-state index contributed by atoms with van der Waals surface area (Å²) in [7, 11) is -3.87. The third-order valence-corrected chi connectivity index (χ3v) is 15.9. The summed E-state index contributed by atoms with van der Waals surface area (Å²) in [5, 5.41) is 13.7. The quantitative estimate of drug-likeness (QED) is 0.0230. The number of pyridine rings is 1. The molecule has 7 aromatic rings. The molecule has 1 unspecified atom stereocenters. The van der Waals surface area contributed by atoms with Crippen molar-refractivity contribution in [3.05, 3.63) is 152 Å². The number of anilines is 2. The first-order valence-corrected chi connectivity index (χ1v) is 33.5. The van der Waals surface area contributed by atoms with Gasteiger partial charge in [0.05, 0.1) is 63.5 Å². The number of alkyl halides is 6. The number of halogens is 6. The minimum Gasteiger partial charge on any atom is -0.489 e. The normalized spacial score (nSPS) is 11.6. The number of methoxy groups -OCH3 is 4. The number of nitrogens with zero attached hydrogens (tertiary/aromatic N) is 9. The van der Waals surface area contributed by atoms with E-state index < -0.39 is 129 Å². The van der Waals surface area contributed by atoms with Gasteiger partial charge in [-0.3, -0.25) is 39.5 Å². The Labute approximate surface area is 575 Å². The number of amides is 5. The molecule has 0 aliphatic carbocycles. The zero-order chi connectivity index (χ0) is 76.7. The van der Waals surface area contributed by atoms with E-state index in [1.165, 1.54) is 121 Å². The number of hydrogen-bond donors (Lipinski definition) is 8. The predicted molar refractivity (Wildman–Crippen MR) is 345 cm³/mol. The molecule has 35 nitrogen and oxygen atoms in total. The van der Waals surface area contributed by atoms with E-state index in [9.17, 15) is 81.3 Å². The van der Waals surface area contributed by atoms with Crippen molar-refractivity contribution in [2.45, 2.75) is 75.0 Å². The molecule has 44 heteroatoms. The number of carboxylic acids is 1. The van der Waals surface area contributed by atoms with Crippen LogP contribution in [-0.2, 0) is 71.6 Å². The van der Waals surface area contributed by atoms with Gasteiger partial charge in [0.25, 0.3) is 31.5 Å². The zero-order valence-corrected chi connectivity index (χ0v) is 57.8. The summed E-state index contributed by atoms with van der Waals surface area (Å²) < 4.78 is 172. The lowest BCUT2D eigenvalue weighted by molar-refractivity contribution is -0.148. The maximum absolute atomic E-state index is 13.1. The van der Waals surface area contributed by atoms with Crippen LogP contribution in [0.25, 0.3) is 5.69 Å². The highest BCUT2D eigenvalue weighted by atomic mass is 32.2. The van der Waals surface area contributed by atoms with Crippen LogP contribution in [0, 0.1) is 6.92 Å². The van der Waals surface area contributed by atoms with Gasteiger partial charge < -0.3 is 48.2 Å². The number of carbonyl (C=O) groups excluding carboxylic acids is 4. The molecule has 1 atom stereocenters. The monoisotopic (exact) mass is 1500 g/mol. The number of aromatic nitrogens is 8. The Morgan fingerprint density at radius 1 is 0.745 bits per heavy atom. The van der Waals surface area contributed by atoms with E-state index in [0.717, 1.165) is 25.1 Å². The van der Waals surface area contributed by atoms with Crippen molar-refractivity contribution in [2.24, 2.45) is 7.05 Å². The lowest BCUT2D eigenvalue weighted by Gasteiger charge is -2.17. The average molecular weight is 1510 g/mol. The molecule has 5 amide bonds. The van der Waals surface area contributed by atoms with Gasteiger partial charge >= 0.3 is 55.6 Å². The molecule has 0 spiro atoms. The summed E-state index contributed by atoms with van der Waals surface area (Å²) in [5.41, 5.74) is -2.06. The van der Waals surface area contributed by atoms with Crippen LogP contribution in [-0.4, -0.2) is 173 Å². The maximum atomic E-state index is 13.1. The summed E-state index contributed by atoms with van der Waals surface area (Å²) in [6.07, 6.45) is -10.5. The molecule has 554 valence electrons. The van der Waals surface area contributed by atoms with E-state index in [4.69, 9.17) is 43.3 Å². The van der Waals surface area contributed by atoms with Crippen LogP contribution in [0.1, 0.15) is 58.8 Å². The van der Waals surface area contributed by atoms with E-state index in [2.05, 4.69) is 45.9 Å². The lowest BCUT2D eigenvalue weighted by atomic mass is 10.1. The number of esters is 1. The fourth-order valence-electron chi connectivity index (χ4n) is 7.88. The van der Waals surface area contributed by atoms with Crippen LogP contribution in [0.3, 0.4) is 0 Å². The number of hydrogen-bond acceptors (Lipinski definition) is 25. The van der Waals surface area contributed by atoms with Crippen LogP contribution in [0.4, 0.5) is 47.8 Å². The number of rotatable bonds is 24. The third kappa shape index (κ3) is 26.3. The molecule has 102 heavy (non-hydrogen) atoms. The van der Waals surface area contributed by atoms with Crippen molar-refractivity contribution < 1.29 is 115 Å². The van der Waals surface area contributed by atoms with Gasteiger partial charge in [0, 0.05) is 45.4 Å². The second-order valence-electron chi connectivity index (χ2n) is 20.4. The molecule has 0 fully saturated rings. The molecule has 0 saturated carbocycles. The van der Waals surface area contributed by atoms with E-state index in [1.807, 2.05) is 25.1 Å². The number of sulfonamides is 2. The van der Waals surface area contributed by atoms with Crippen molar-refractivity contribution in [2.75, 3.05) is 66.0 Å². The lowest BCUT2D eigenvalue weighted by Crippen LogP contribution is -2.40. The van der Waals surface area contributed by atoms with Crippen molar-refractivity contribution in [1.29, 1.82) is 0 Å². The van der Waals surface area contributed by atoms with E-state index in [0.29, 0.717) is 32.3 Å². The molecule has 0 aliphatic rings. The van der Waals surface area contributed by atoms with Gasteiger partial charge in [0.15, 0.2) is 11.1 Å². The highest BCUT2D eigenvalue weighted by molar-refractivity contribution is 7.90. The molecule has 0 radical (unpaired) electrons. The smallest absolute Gasteiger partial charge is 0.431 e. The minimum absolute atomic E-state index is 0.0715. The number of carboxylic acid groups (broad SMARTS) is 1. The van der Waals surface area contributed by atoms with E-state index in [-0.39, 0.29) is 58.9 Å². The summed E-state index contributed by atoms with van der Waals surface area (Å²) in [6, 6.07) is 18.4. The van der Waals surface area contributed by atoms with Crippen LogP contribution in [0.2, 0.25) is 0 Å². The topological polar surface area (TPSA) is 471 Å². The molecule has 8 N–H and O–H groups in total. The van der Waals surface area contributed by atoms with E-state index in [1.54, 1.807) is 16.4 Å². The summed E-state index contributed by atoms with van der Waals surface area (Å²) >= 11 is 0. The number of ether oxygens (including phenoxy) is 6. The number of urea groups is 2. The third-order valence-electron chi connectivity index (χ3n) is 12.6. The van der Waals surface area contributed by atoms with Crippen molar-refractivity contribution in [1.82, 2.24) is 58.7 Å². The van der Waals surface area contributed by atoms with Gasteiger partial charge in [0.1, 0.15) is 29.6 Å². The van der Waals surface area contributed by atoms with Crippen molar-refractivity contribution in [3.8, 4) is 35.0 Å². The molecule has 3 aromatic carbocycles. The second-order valence-corrected chi connectivity index (χ2v) is 25.3. The number of benzene rings is 3. The van der Waals surface area contributed by atoms with Gasteiger partial charge in [-0.15, -0.1) is 0 Å². The van der Waals surface area contributed by atoms with Crippen molar-refractivity contribution >= 4 is 69.4 Å². The molecule has 0 saturated heterocycles. The van der Waals surface area contributed by atoms with Crippen molar-refractivity contribution in [3.63, 3.8) is 0 Å². The van der Waals surface area contributed by atoms with Gasteiger partial charge in [-0.05, 0) is 86.3 Å². The largest absolute Gasteiger partial charge is 0.489 e. The zero-order valence-electron chi connectivity index (χ0n) is 55.3. The van der Waals surface area contributed by atoms with Gasteiger partial charge in [-0.1, -0.05) is 37.3 Å². The summed E-state index contributed by atoms with van der Waals surface area (Å²) in [6.45, 7) is 4.69. The van der Waals surface area contributed by atoms with E-state index >= 15 is 0 Å². The number of carbonyl (C=O) groups is 5. The highest BCUT2D eigenvalue weighted by Gasteiger charge is 2.35. The Morgan fingerprint density at radius 2 is 1.34 bits per heavy atom. The standard InChI is InChI=1S/C25H25F3N2O6.C15H16F3N5O4S.C15H18N6O6S.C3H8NO5P/c1-5-16-6-7-17(20(12-16)36-15(2)23(32)34-4)14-35-19-10-8-18(9-11-19)30-22(31)13-21(25(26,27)28)29(3)24(30)33;1-9-19-12(22-14(20-9)27-2)21-13(24)23-28(25,26)11-6-4-3-5-10(11)7-8-15(16,17)18;1-21(2)13(22)9-6-5-7-16-12(9)28(24,25)20-15(23)19-14-17-10(26-3)8-11(18-14)27-4;5-3(6)1-4-2-10(7,8)9/h6-13,15H,5,14H2,1-4H3;3-6H,7-8H2,1-2H3,(H2,19,20,21,22,23,24);5-8H,1-4H3,(H2,17,18,19,20,23);4H,1-2H2,(H,5,6)(H2,7,8,9). The highest BCUT2D eigenvalue weighted by Crippen LogP contribution is 2.32. The SMILES string of the molecule is CCc1ccc(COc2ccc(-n3c(=O)cc(C(F)(F)F)n(C)c3=O)cc2)c(OC(C)C(=O)OC)c1.COc1cc(OC)nc(NC(=O)NS(=O)(=O)c2ncccc2C(=O)N(C)C)n1.COc1nc(C)nc(NC(=O)NS(=O)(=O)c2ccccc2CCC(F)(F)F)n1.O=C(O)CNCP(=O)(O)O. The Hall–Kier alpha value is -10.9. The molecular weight excluding hydrogens is 1440 g/mol. The van der Waals surface area contributed by atoms with Crippen LogP contribution in [0.15, 0.2) is 117 Å². The van der Waals surface area contributed by atoms with Crippen LogP contribution < -0.4 is 60.3 Å². The predicted octanol–water partition coefficient (Wildman–Crippen LogP) is 4.73. The van der Waals surface area contributed by atoms with Gasteiger partial charge in [-0.2, -0.15) is 59.7 Å². The first-order valence-electron chi connectivity index (χ1n) is 28.7. The fourth-order valence-corrected chi connectivity index (χ4v) is 10.5. The second kappa shape index (κ2) is 37.0. The number of aryl methyl sites for hydroxylation is 3. The summed E-state index contributed by atoms with van der Waals surface area (Å²) in [5.74, 6) is -1.54. The maximum Gasteiger partial charge on any atom is 0.431 e. The molecule has 4 heterocycles. The molecule has 7 rings (SSSR count). The number of nitrogens with one attached hydrogen (secondary N) is 5. The Morgan fingerprint density at radius 3 is 1.88 bits per heavy atom. The first kappa shape index (κ1) is 83.5. The van der Waals surface area contributed by atoms with Gasteiger partial charge in [0.2, 0.25) is 23.7 Å². The van der Waals surface area contributed by atoms with Crippen LogP contribution >= 0.6 is 7.60 Å². The Balaban J connectivity index is 0.000000306. The Kier molecular flexibility index (Phi) is 30.3. The first-order chi connectivity index (χ1) is 47.5. The minimum atomic E-state index is -4.84. The summed E-state index contributed by atoms with van der Waals surface area (Å²) in [4.78, 5) is 122. The molecule has 4 aromatic heterocycles. The molecule has 0 aliphatic heterocycles. The fraction of sp³-hybridized carbons (Fsp3) is 0.328. The van der Waals surface area contributed by atoms with Crippen LogP contribution in [0.5, 0.6) is 29.3 Å². The Bertz CT molecular complexity index is 4510. The molecular formula is C58H67F6N14O21PS2. The average Bonchev–Trinajstić information content (AvgIpc) is 0.790. The number of aliphatic carboxylic acids is 1.